The summed E-state index contributed by atoms with van der Waals surface area (Å²) in [6.07, 6.45) is 4.98. The van der Waals surface area contributed by atoms with E-state index in [0.29, 0.717) is 11.6 Å². The highest BCUT2D eigenvalue weighted by molar-refractivity contribution is 5.76. The minimum Gasteiger partial charge on any atom is -0.508 e. The van der Waals surface area contributed by atoms with Gasteiger partial charge < -0.3 is 15.7 Å². The molecule has 0 aliphatic carbocycles. The summed E-state index contributed by atoms with van der Waals surface area (Å²) in [5.41, 5.74) is 7.83. The number of hydrogen-bond acceptors (Lipinski definition) is 4. The van der Waals surface area contributed by atoms with Crippen molar-refractivity contribution < 1.29 is 9.90 Å². The number of anilines is 1. The third-order valence-electron chi connectivity index (χ3n) is 4.84. The normalized spacial score (nSPS) is 17.6. The van der Waals surface area contributed by atoms with Crippen molar-refractivity contribution in [3.05, 3.63) is 41.6 Å². The lowest BCUT2D eigenvalue weighted by Gasteiger charge is -2.36. The molecule has 6 heteroatoms. The number of carbonyl (C=O) groups is 1. The third-order valence-corrected chi connectivity index (χ3v) is 4.84. The molecule has 1 aromatic carbocycles. The van der Waals surface area contributed by atoms with Gasteiger partial charge in [0.1, 0.15) is 18.1 Å². The average Bonchev–Trinajstić information content (AvgIpc) is 2.90. The number of piperidine rings is 1. The Bertz CT molecular complexity index is 741. The van der Waals surface area contributed by atoms with Crippen LogP contribution in [0.2, 0.25) is 0 Å². The Balaban J connectivity index is 1.63. The number of carbonyl (C=O) groups excluding carboxylic acids is 1. The number of phenolic OH excluding ortho intramolecular Hbond substituents is 1. The monoisotopic (exact) mass is 342 g/mol. The molecule has 2 heterocycles. The maximum absolute atomic E-state index is 12.8. The molecule has 0 radical (unpaired) electrons. The zero-order valence-electron chi connectivity index (χ0n) is 14.7. The van der Waals surface area contributed by atoms with Crippen LogP contribution in [0.15, 0.2) is 30.3 Å². The van der Waals surface area contributed by atoms with Crippen LogP contribution in [0.3, 0.4) is 0 Å². The Morgan fingerprint density at radius 3 is 2.92 bits per heavy atom. The lowest BCUT2D eigenvalue weighted by atomic mass is 9.95. The van der Waals surface area contributed by atoms with E-state index < -0.39 is 0 Å². The largest absolute Gasteiger partial charge is 0.508 e. The van der Waals surface area contributed by atoms with Gasteiger partial charge in [-0.3, -0.25) is 4.79 Å². The highest BCUT2D eigenvalue weighted by Crippen LogP contribution is 2.23. The summed E-state index contributed by atoms with van der Waals surface area (Å²) in [5.74, 6) is 0.896. The summed E-state index contributed by atoms with van der Waals surface area (Å²) in [6, 6.07) is 9.36. The van der Waals surface area contributed by atoms with Crippen LogP contribution in [0.4, 0.5) is 5.82 Å². The smallest absolute Gasteiger partial charge is 0.244 e. The van der Waals surface area contributed by atoms with E-state index >= 15 is 0 Å². The predicted molar refractivity (Wildman–Crippen MR) is 97.2 cm³/mol. The molecule has 1 amide bonds. The van der Waals surface area contributed by atoms with Crippen molar-refractivity contribution in [3.63, 3.8) is 0 Å². The number of amides is 1. The molecule has 0 unspecified atom stereocenters. The van der Waals surface area contributed by atoms with Gasteiger partial charge in [-0.25, -0.2) is 4.68 Å². The number of aryl methyl sites for hydroxylation is 2. The number of aromatic nitrogens is 2. The molecular formula is C19H26N4O2. The maximum Gasteiger partial charge on any atom is 0.244 e. The van der Waals surface area contributed by atoms with Crippen molar-refractivity contribution >= 4 is 11.7 Å². The van der Waals surface area contributed by atoms with E-state index in [1.807, 2.05) is 24.0 Å². The standard InChI is InChI=1S/C19H26N4O2/c1-14-11-18(20)23(21-14)13-19(25)22-10-3-2-6-16(22)9-8-15-5-4-7-17(24)12-15/h4-5,7,11-12,16,24H,2-3,6,8-10,13,20H2,1H3/t16-/m0/s1. The molecule has 1 aliphatic heterocycles. The minimum absolute atomic E-state index is 0.0791. The fraction of sp³-hybridized carbons (Fsp3) is 0.474. The van der Waals surface area contributed by atoms with E-state index in [0.717, 1.165) is 49.9 Å². The number of nitrogen functional groups attached to an aromatic ring is 1. The molecule has 1 saturated heterocycles. The van der Waals surface area contributed by atoms with Crippen LogP contribution < -0.4 is 5.73 Å². The molecule has 3 rings (SSSR count). The Morgan fingerprint density at radius 1 is 1.36 bits per heavy atom. The molecule has 3 N–H and O–H groups in total. The van der Waals surface area contributed by atoms with Crippen molar-refractivity contribution in [2.75, 3.05) is 12.3 Å². The summed E-state index contributed by atoms with van der Waals surface area (Å²) in [4.78, 5) is 14.8. The molecule has 1 aliphatic rings. The first-order chi connectivity index (χ1) is 12.0. The van der Waals surface area contributed by atoms with Gasteiger partial charge in [-0.1, -0.05) is 12.1 Å². The molecule has 1 fully saturated rings. The van der Waals surface area contributed by atoms with E-state index in [1.165, 1.54) is 0 Å². The molecular weight excluding hydrogens is 316 g/mol. The average molecular weight is 342 g/mol. The number of phenols is 1. The molecule has 1 aromatic heterocycles. The number of benzene rings is 1. The van der Waals surface area contributed by atoms with Crippen LogP contribution in [0, 0.1) is 6.92 Å². The number of aromatic hydroxyl groups is 1. The topological polar surface area (TPSA) is 84.4 Å². The van der Waals surface area contributed by atoms with Crippen molar-refractivity contribution in [1.29, 1.82) is 0 Å². The molecule has 0 bridgehead atoms. The lowest BCUT2D eigenvalue weighted by Crippen LogP contribution is -2.45. The van der Waals surface area contributed by atoms with Gasteiger partial charge in [0.05, 0.1) is 5.69 Å². The second kappa shape index (κ2) is 7.59. The SMILES string of the molecule is Cc1cc(N)n(CC(=O)N2CCCC[C@H]2CCc2cccc(O)c2)n1. The van der Waals surface area contributed by atoms with Gasteiger partial charge in [-0.2, -0.15) is 5.10 Å². The van der Waals surface area contributed by atoms with Gasteiger partial charge >= 0.3 is 0 Å². The van der Waals surface area contributed by atoms with Crippen molar-refractivity contribution in [3.8, 4) is 5.75 Å². The van der Waals surface area contributed by atoms with E-state index in [4.69, 9.17) is 5.73 Å². The number of rotatable bonds is 5. The number of nitrogens with two attached hydrogens (primary N) is 1. The van der Waals surface area contributed by atoms with Crippen LogP contribution in [-0.4, -0.2) is 38.3 Å². The molecule has 6 nitrogen and oxygen atoms in total. The predicted octanol–water partition coefficient (Wildman–Crippen LogP) is 2.49. The van der Waals surface area contributed by atoms with Crippen LogP contribution in [0.5, 0.6) is 5.75 Å². The minimum atomic E-state index is 0.0791. The van der Waals surface area contributed by atoms with Crippen LogP contribution in [-0.2, 0) is 17.8 Å². The summed E-state index contributed by atoms with van der Waals surface area (Å²) in [6.45, 7) is 2.86. The number of hydrogen-bond donors (Lipinski definition) is 2. The van der Waals surface area contributed by atoms with Gasteiger partial charge in [0.25, 0.3) is 0 Å². The molecule has 2 aromatic rings. The summed E-state index contributed by atoms with van der Waals surface area (Å²) < 4.78 is 1.58. The first kappa shape index (κ1) is 17.3. The Kier molecular flexibility index (Phi) is 5.26. The van der Waals surface area contributed by atoms with Gasteiger partial charge in [0, 0.05) is 18.7 Å². The van der Waals surface area contributed by atoms with Crippen molar-refractivity contribution in [2.24, 2.45) is 0 Å². The maximum atomic E-state index is 12.8. The van der Waals surface area contributed by atoms with Crippen LogP contribution in [0.1, 0.15) is 36.9 Å². The number of likely N-dealkylation sites (tertiary alicyclic amines) is 1. The first-order valence-corrected chi connectivity index (χ1v) is 8.90. The van der Waals surface area contributed by atoms with E-state index in [1.54, 1.807) is 22.9 Å². The molecule has 1 atom stereocenters. The zero-order chi connectivity index (χ0) is 17.8. The Morgan fingerprint density at radius 2 is 2.20 bits per heavy atom. The van der Waals surface area contributed by atoms with Crippen LogP contribution >= 0.6 is 0 Å². The summed E-state index contributed by atoms with van der Waals surface area (Å²) >= 11 is 0. The van der Waals surface area contributed by atoms with Gasteiger partial charge in [0.15, 0.2) is 0 Å². The second-order valence-corrected chi connectivity index (χ2v) is 6.81. The van der Waals surface area contributed by atoms with E-state index in [2.05, 4.69) is 5.10 Å². The molecule has 25 heavy (non-hydrogen) atoms. The fourth-order valence-electron chi connectivity index (χ4n) is 3.59. The van der Waals surface area contributed by atoms with Gasteiger partial charge in [0.2, 0.25) is 5.91 Å². The zero-order valence-corrected chi connectivity index (χ0v) is 14.7. The van der Waals surface area contributed by atoms with Crippen molar-refractivity contribution in [2.45, 2.75) is 51.6 Å². The van der Waals surface area contributed by atoms with E-state index in [-0.39, 0.29) is 18.5 Å². The third kappa shape index (κ3) is 4.32. The fourth-order valence-corrected chi connectivity index (χ4v) is 3.59. The summed E-state index contributed by atoms with van der Waals surface area (Å²) in [7, 11) is 0. The van der Waals surface area contributed by atoms with Gasteiger partial charge in [-0.15, -0.1) is 0 Å². The lowest BCUT2D eigenvalue weighted by molar-refractivity contribution is -0.135. The molecule has 0 saturated carbocycles. The summed E-state index contributed by atoms with van der Waals surface area (Å²) in [5, 5.41) is 13.9. The van der Waals surface area contributed by atoms with Gasteiger partial charge in [-0.05, 0) is 56.7 Å². The van der Waals surface area contributed by atoms with Crippen LogP contribution in [0.25, 0.3) is 0 Å². The Labute approximate surface area is 148 Å². The molecule has 134 valence electrons. The van der Waals surface area contributed by atoms with Crippen molar-refractivity contribution in [1.82, 2.24) is 14.7 Å². The highest BCUT2D eigenvalue weighted by atomic mass is 16.3. The quantitative estimate of drug-likeness (QED) is 0.874. The Hall–Kier alpha value is -2.50. The van der Waals surface area contributed by atoms with E-state index in [9.17, 15) is 9.90 Å². The molecule has 0 spiro atoms. The number of nitrogens with zero attached hydrogens (tertiary/aromatic N) is 3. The highest BCUT2D eigenvalue weighted by Gasteiger charge is 2.27. The second-order valence-electron chi connectivity index (χ2n) is 6.81. The first-order valence-electron chi connectivity index (χ1n) is 8.90.